The maximum Gasteiger partial charge on any atom is 0.224 e. The number of hydrogen-bond donors (Lipinski definition) is 2. The summed E-state index contributed by atoms with van der Waals surface area (Å²) in [6.45, 7) is 3.60. The topological polar surface area (TPSA) is 92.9 Å². The fourth-order valence-corrected chi connectivity index (χ4v) is 1.77. The lowest BCUT2D eigenvalue weighted by Crippen LogP contribution is -2.14. The Labute approximate surface area is 116 Å². The van der Waals surface area contributed by atoms with Crippen LogP contribution in [-0.2, 0) is 4.79 Å². The van der Waals surface area contributed by atoms with Gasteiger partial charge in [-0.2, -0.15) is 0 Å². The van der Waals surface area contributed by atoms with Gasteiger partial charge in [0.1, 0.15) is 6.33 Å². The maximum atomic E-state index is 11.7. The van der Waals surface area contributed by atoms with Crippen LogP contribution in [0.1, 0.15) is 25.3 Å². The van der Waals surface area contributed by atoms with Crippen molar-refractivity contribution in [1.82, 2.24) is 20.2 Å². The molecule has 7 heteroatoms. The van der Waals surface area contributed by atoms with Gasteiger partial charge in [-0.15, -0.1) is 5.10 Å². The molecular formula is C13H17N5O2. The number of aromatic nitrogens is 4. The fraction of sp³-hybridized carbons (Fsp3) is 0.385. The minimum Gasteiger partial charge on any atom is -0.393 e. The lowest BCUT2D eigenvalue weighted by molar-refractivity contribution is -0.116. The van der Waals surface area contributed by atoms with Crippen molar-refractivity contribution in [2.24, 2.45) is 0 Å². The molecule has 0 fully saturated rings. The second-order valence-electron chi connectivity index (χ2n) is 4.69. The predicted octanol–water partition coefficient (Wildman–Crippen LogP) is 1.07. The standard InChI is InChI=1S/C13H17N5O2/c1-9-3-5-11(15-13(20)6-4-10(2)19)7-12(9)18-8-14-16-17-18/h3,5,7-8,10,19H,4,6H2,1-2H3,(H,15,20). The maximum absolute atomic E-state index is 11.7. The summed E-state index contributed by atoms with van der Waals surface area (Å²) in [6, 6.07) is 5.52. The number of amides is 1. The van der Waals surface area contributed by atoms with Crippen LogP contribution >= 0.6 is 0 Å². The molecule has 2 aromatic rings. The molecule has 0 aliphatic carbocycles. The zero-order valence-electron chi connectivity index (χ0n) is 11.4. The second-order valence-corrected chi connectivity index (χ2v) is 4.69. The van der Waals surface area contributed by atoms with Gasteiger partial charge in [-0.25, -0.2) is 4.68 Å². The monoisotopic (exact) mass is 275 g/mol. The van der Waals surface area contributed by atoms with E-state index in [2.05, 4.69) is 20.8 Å². The molecule has 1 atom stereocenters. The summed E-state index contributed by atoms with van der Waals surface area (Å²) in [5.74, 6) is -0.127. The molecule has 0 saturated carbocycles. The third-order valence-corrected chi connectivity index (χ3v) is 2.88. The summed E-state index contributed by atoms with van der Waals surface area (Å²) in [7, 11) is 0. The van der Waals surface area contributed by atoms with Crippen molar-refractivity contribution in [3.05, 3.63) is 30.1 Å². The molecule has 2 rings (SSSR count). The summed E-state index contributed by atoms with van der Waals surface area (Å²) >= 11 is 0. The molecule has 0 radical (unpaired) electrons. The van der Waals surface area contributed by atoms with Gasteiger partial charge >= 0.3 is 0 Å². The molecule has 7 nitrogen and oxygen atoms in total. The van der Waals surface area contributed by atoms with Crippen LogP contribution in [0.25, 0.3) is 5.69 Å². The Morgan fingerprint density at radius 1 is 1.50 bits per heavy atom. The van der Waals surface area contributed by atoms with E-state index >= 15 is 0 Å². The number of anilines is 1. The van der Waals surface area contributed by atoms with Crippen molar-refractivity contribution in [3.8, 4) is 5.69 Å². The third-order valence-electron chi connectivity index (χ3n) is 2.88. The zero-order valence-corrected chi connectivity index (χ0v) is 11.4. The number of aliphatic hydroxyl groups is 1. The Morgan fingerprint density at radius 2 is 2.30 bits per heavy atom. The highest BCUT2D eigenvalue weighted by Crippen LogP contribution is 2.18. The molecule has 20 heavy (non-hydrogen) atoms. The van der Waals surface area contributed by atoms with E-state index < -0.39 is 6.10 Å². The van der Waals surface area contributed by atoms with Gasteiger partial charge < -0.3 is 10.4 Å². The van der Waals surface area contributed by atoms with Crippen LogP contribution in [0.15, 0.2) is 24.5 Å². The number of carbonyl (C=O) groups is 1. The summed E-state index contributed by atoms with van der Waals surface area (Å²) in [5, 5.41) is 23.0. The predicted molar refractivity (Wildman–Crippen MR) is 73.4 cm³/mol. The normalized spacial score (nSPS) is 12.2. The fourth-order valence-electron chi connectivity index (χ4n) is 1.77. The zero-order chi connectivity index (χ0) is 14.5. The Hall–Kier alpha value is -2.28. The highest BCUT2D eigenvalue weighted by atomic mass is 16.3. The molecule has 1 unspecified atom stereocenters. The molecule has 0 aliphatic heterocycles. The number of tetrazole rings is 1. The van der Waals surface area contributed by atoms with Gasteiger partial charge in [-0.1, -0.05) is 6.07 Å². The van der Waals surface area contributed by atoms with Gasteiger partial charge in [0.2, 0.25) is 5.91 Å². The first-order chi connectivity index (χ1) is 9.56. The number of carbonyl (C=O) groups excluding carboxylic acids is 1. The second kappa shape index (κ2) is 6.25. The van der Waals surface area contributed by atoms with E-state index in [0.717, 1.165) is 11.3 Å². The highest BCUT2D eigenvalue weighted by Gasteiger charge is 2.08. The van der Waals surface area contributed by atoms with Crippen LogP contribution in [0.3, 0.4) is 0 Å². The average molecular weight is 275 g/mol. The minimum absolute atomic E-state index is 0.127. The number of hydrogen-bond acceptors (Lipinski definition) is 5. The first-order valence-corrected chi connectivity index (χ1v) is 6.38. The molecule has 0 spiro atoms. The number of benzene rings is 1. The van der Waals surface area contributed by atoms with Crippen molar-refractivity contribution < 1.29 is 9.90 Å². The Bertz CT molecular complexity index is 580. The van der Waals surface area contributed by atoms with Crippen LogP contribution in [-0.4, -0.2) is 37.3 Å². The summed E-state index contributed by atoms with van der Waals surface area (Å²) < 4.78 is 1.54. The molecule has 0 saturated heterocycles. The van der Waals surface area contributed by atoms with Crippen LogP contribution in [0.2, 0.25) is 0 Å². The highest BCUT2D eigenvalue weighted by molar-refractivity contribution is 5.91. The van der Waals surface area contributed by atoms with E-state index in [1.165, 1.54) is 6.33 Å². The van der Waals surface area contributed by atoms with Gasteiger partial charge in [-0.05, 0) is 48.4 Å². The van der Waals surface area contributed by atoms with Gasteiger partial charge in [0.25, 0.3) is 0 Å². The van der Waals surface area contributed by atoms with Crippen molar-refractivity contribution >= 4 is 11.6 Å². The molecule has 106 valence electrons. The van der Waals surface area contributed by atoms with Crippen molar-refractivity contribution in [2.45, 2.75) is 32.8 Å². The first-order valence-electron chi connectivity index (χ1n) is 6.38. The van der Waals surface area contributed by atoms with E-state index in [9.17, 15) is 4.79 Å². The van der Waals surface area contributed by atoms with Crippen molar-refractivity contribution in [2.75, 3.05) is 5.32 Å². The van der Waals surface area contributed by atoms with E-state index in [-0.39, 0.29) is 12.3 Å². The molecule has 1 aromatic carbocycles. The lowest BCUT2D eigenvalue weighted by atomic mass is 10.1. The summed E-state index contributed by atoms with van der Waals surface area (Å²) in [4.78, 5) is 11.7. The molecule has 1 aromatic heterocycles. The SMILES string of the molecule is Cc1ccc(NC(=O)CCC(C)O)cc1-n1cnnn1. The smallest absolute Gasteiger partial charge is 0.224 e. The van der Waals surface area contributed by atoms with Gasteiger partial charge in [0, 0.05) is 12.1 Å². The van der Waals surface area contributed by atoms with Gasteiger partial charge in [-0.3, -0.25) is 4.79 Å². The number of rotatable bonds is 5. The van der Waals surface area contributed by atoms with E-state index in [4.69, 9.17) is 5.11 Å². The molecular weight excluding hydrogens is 258 g/mol. The van der Waals surface area contributed by atoms with Crippen LogP contribution < -0.4 is 5.32 Å². The van der Waals surface area contributed by atoms with Crippen LogP contribution in [0.5, 0.6) is 0 Å². The summed E-state index contributed by atoms with van der Waals surface area (Å²) in [5.41, 5.74) is 2.49. The Morgan fingerprint density at radius 3 is 2.95 bits per heavy atom. The quantitative estimate of drug-likeness (QED) is 0.851. The first kappa shape index (κ1) is 14.1. The summed E-state index contributed by atoms with van der Waals surface area (Å²) in [6.07, 6.45) is 1.75. The average Bonchev–Trinajstić information content (AvgIpc) is 2.92. The molecule has 1 heterocycles. The number of aryl methyl sites for hydroxylation is 1. The molecule has 1 amide bonds. The van der Waals surface area contributed by atoms with Crippen molar-refractivity contribution in [1.29, 1.82) is 0 Å². The Kier molecular flexibility index (Phi) is 4.41. The van der Waals surface area contributed by atoms with Crippen LogP contribution in [0.4, 0.5) is 5.69 Å². The third kappa shape index (κ3) is 3.61. The van der Waals surface area contributed by atoms with Gasteiger partial charge in [0.05, 0.1) is 11.8 Å². The molecule has 0 aliphatic rings. The van der Waals surface area contributed by atoms with E-state index in [1.807, 2.05) is 25.1 Å². The minimum atomic E-state index is -0.476. The molecule has 0 bridgehead atoms. The lowest BCUT2D eigenvalue weighted by Gasteiger charge is -2.10. The largest absolute Gasteiger partial charge is 0.393 e. The van der Waals surface area contributed by atoms with Crippen LogP contribution in [0, 0.1) is 6.92 Å². The molecule has 2 N–H and O–H groups in total. The van der Waals surface area contributed by atoms with E-state index in [0.29, 0.717) is 12.1 Å². The number of nitrogens with zero attached hydrogens (tertiary/aromatic N) is 4. The number of aliphatic hydroxyl groups excluding tert-OH is 1. The van der Waals surface area contributed by atoms with E-state index in [1.54, 1.807) is 11.6 Å². The number of nitrogens with one attached hydrogen (secondary N) is 1. The Balaban J connectivity index is 2.10. The van der Waals surface area contributed by atoms with Crippen molar-refractivity contribution in [3.63, 3.8) is 0 Å². The van der Waals surface area contributed by atoms with Gasteiger partial charge in [0.15, 0.2) is 0 Å².